The predicted octanol–water partition coefficient (Wildman–Crippen LogP) is 3.63. The van der Waals surface area contributed by atoms with Crippen LogP contribution in [-0.2, 0) is 0 Å². The predicted molar refractivity (Wildman–Crippen MR) is 75.8 cm³/mol. The lowest BCUT2D eigenvalue weighted by Crippen LogP contribution is -2.38. The Hall–Kier alpha value is -0.640. The quantitative estimate of drug-likeness (QED) is 0.917. The summed E-state index contributed by atoms with van der Waals surface area (Å²) >= 11 is 5.83. The molecular weight excluding hydrogens is 265 g/mol. The molecular formula is C15H21ClFNO. The van der Waals surface area contributed by atoms with Crippen LogP contribution < -0.4 is 0 Å². The van der Waals surface area contributed by atoms with Crippen molar-refractivity contribution < 1.29 is 9.50 Å². The number of hydrogen-bond acceptors (Lipinski definition) is 2. The molecule has 0 saturated carbocycles. The number of aliphatic hydroxyl groups excluding tert-OH is 1. The van der Waals surface area contributed by atoms with Crippen LogP contribution in [0.4, 0.5) is 4.39 Å². The minimum atomic E-state index is -0.370. The Kier molecular flexibility index (Phi) is 4.82. The minimum Gasteiger partial charge on any atom is -0.393 e. The third kappa shape index (κ3) is 3.47. The van der Waals surface area contributed by atoms with Crippen LogP contribution in [0.5, 0.6) is 0 Å². The zero-order valence-electron chi connectivity index (χ0n) is 11.4. The Morgan fingerprint density at radius 2 is 1.95 bits per heavy atom. The van der Waals surface area contributed by atoms with Crippen molar-refractivity contribution in [1.29, 1.82) is 0 Å². The Bertz CT molecular complexity index is 430. The number of piperidine rings is 1. The average molecular weight is 286 g/mol. The molecule has 2 nitrogen and oxygen atoms in total. The maximum atomic E-state index is 13.2. The maximum Gasteiger partial charge on any atom is 0.141 e. The zero-order chi connectivity index (χ0) is 14.0. The molecule has 0 radical (unpaired) electrons. The van der Waals surface area contributed by atoms with E-state index in [1.165, 1.54) is 6.07 Å². The highest BCUT2D eigenvalue weighted by Crippen LogP contribution is 2.29. The summed E-state index contributed by atoms with van der Waals surface area (Å²) in [5.41, 5.74) is 1.04. The van der Waals surface area contributed by atoms with Crippen molar-refractivity contribution >= 4 is 11.6 Å². The second-order valence-corrected chi connectivity index (χ2v) is 5.87. The maximum absolute atomic E-state index is 13.2. The molecule has 19 heavy (non-hydrogen) atoms. The summed E-state index contributed by atoms with van der Waals surface area (Å²) in [5.74, 6) is 0.0330. The molecule has 2 unspecified atom stereocenters. The van der Waals surface area contributed by atoms with Gasteiger partial charge in [-0.1, -0.05) is 17.7 Å². The molecule has 1 N–H and O–H groups in total. The van der Waals surface area contributed by atoms with E-state index in [1.807, 2.05) is 6.92 Å². The molecule has 1 fully saturated rings. The number of halogens is 2. The number of rotatable bonds is 3. The average Bonchev–Trinajstić information content (AvgIpc) is 2.41. The van der Waals surface area contributed by atoms with Gasteiger partial charge in [0.15, 0.2) is 0 Å². The number of aliphatic hydroxyl groups is 1. The van der Waals surface area contributed by atoms with Gasteiger partial charge in [-0.2, -0.15) is 0 Å². The van der Waals surface area contributed by atoms with Gasteiger partial charge < -0.3 is 5.11 Å². The van der Waals surface area contributed by atoms with E-state index in [2.05, 4.69) is 11.8 Å². The van der Waals surface area contributed by atoms with E-state index in [1.54, 1.807) is 12.1 Å². The molecule has 0 spiro atoms. The van der Waals surface area contributed by atoms with Crippen LogP contribution in [0.25, 0.3) is 0 Å². The van der Waals surface area contributed by atoms with E-state index in [0.717, 1.165) is 31.5 Å². The van der Waals surface area contributed by atoms with Crippen molar-refractivity contribution in [2.45, 2.75) is 38.8 Å². The molecule has 0 aliphatic carbocycles. The van der Waals surface area contributed by atoms with Crippen molar-refractivity contribution in [3.05, 3.63) is 34.6 Å². The Morgan fingerprint density at radius 1 is 1.32 bits per heavy atom. The fraction of sp³-hybridized carbons (Fsp3) is 0.600. The summed E-state index contributed by atoms with van der Waals surface area (Å²) in [5, 5.41) is 9.79. The molecule has 4 heteroatoms. The van der Waals surface area contributed by atoms with E-state index in [4.69, 9.17) is 11.6 Å². The normalized spacial score (nSPS) is 21.3. The van der Waals surface area contributed by atoms with E-state index >= 15 is 0 Å². The van der Waals surface area contributed by atoms with E-state index in [9.17, 15) is 9.50 Å². The first-order valence-electron chi connectivity index (χ1n) is 6.86. The van der Waals surface area contributed by atoms with Crippen molar-refractivity contribution in [3.63, 3.8) is 0 Å². The largest absolute Gasteiger partial charge is 0.393 e. The lowest BCUT2D eigenvalue weighted by molar-refractivity contribution is 0.0586. The van der Waals surface area contributed by atoms with Crippen LogP contribution in [0.3, 0.4) is 0 Å². The van der Waals surface area contributed by atoms with Gasteiger partial charge in [0.25, 0.3) is 0 Å². The highest BCUT2D eigenvalue weighted by Gasteiger charge is 2.26. The smallest absolute Gasteiger partial charge is 0.141 e. The van der Waals surface area contributed by atoms with Crippen LogP contribution in [0.15, 0.2) is 18.2 Å². The number of nitrogens with zero attached hydrogens (tertiary/aromatic N) is 1. The molecule has 0 aromatic heterocycles. The Morgan fingerprint density at radius 3 is 2.47 bits per heavy atom. The van der Waals surface area contributed by atoms with E-state index in [-0.39, 0.29) is 23.0 Å². The van der Waals surface area contributed by atoms with Gasteiger partial charge in [0.1, 0.15) is 5.82 Å². The third-order valence-corrected chi connectivity index (χ3v) is 4.52. The monoisotopic (exact) mass is 285 g/mol. The summed E-state index contributed by atoms with van der Waals surface area (Å²) in [6.07, 6.45) is 1.80. The molecule has 1 heterocycles. The first-order valence-corrected chi connectivity index (χ1v) is 7.24. The first kappa shape index (κ1) is 14.8. The van der Waals surface area contributed by atoms with E-state index < -0.39 is 0 Å². The van der Waals surface area contributed by atoms with Crippen molar-refractivity contribution in [3.8, 4) is 0 Å². The Labute approximate surface area is 119 Å². The number of benzene rings is 1. The van der Waals surface area contributed by atoms with Gasteiger partial charge in [-0.25, -0.2) is 4.39 Å². The molecule has 1 aromatic carbocycles. The first-order chi connectivity index (χ1) is 8.99. The number of hydrogen-bond donors (Lipinski definition) is 1. The summed E-state index contributed by atoms with van der Waals surface area (Å²) in [7, 11) is 0. The molecule has 1 aliphatic rings. The summed E-state index contributed by atoms with van der Waals surface area (Å²) in [6.45, 7) is 5.91. The fourth-order valence-corrected chi connectivity index (χ4v) is 2.96. The van der Waals surface area contributed by atoms with Crippen LogP contribution in [0, 0.1) is 11.7 Å². The third-order valence-electron chi connectivity index (χ3n) is 4.23. The van der Waals surface area contributed by atoms with Gasteiger partial charge >= 0.3 is 0 Å². The van der Waals surface area contributed by atoms with Crippen molar-refractivity contribution in [1.82, 2.24) is 4.90 Å². The molecule has 1 aromatic rings. The topological polar surface area (TPSA) is 23.5 Å². The van der Waals surface area contributed by atoms with Crippen molar-refractivity contribution in [2.24, 2.45) is 5.92 Å². The zero-order valence-corrected chi connectivity index (χ0v) is 12.2. The molecule has 1 saturated heterocycles. The van der Waals surface area contributed by atoms with Crippen LogP contribution in [0.2, 0.25) is 5.02 Å². The lowest BCUT2D eigenvalue weighted by Gasteiger charge is -2.37. The summed E-state index contributed by atoms with van der Waals surface area (Å²) in [4.78, 5) is 2.36. The van der Waals surface area contributed by atoms with Gasteiger partial charge in [0.2, 0.25) is 0 Å². The van der Waals surface area contributed by atoms with Crippen LogP contribution in [0.1, 0.15) is 38.3 Å². The van der Waals surface area contributed by atoms with Gasteiger partial charge in [-0.15, -0.1) is 0 Å². The van der Waals surface area contributed by atoms with Crippen LogP contribution in [-0.4, -0.2) is 29.2 Å². The highest BCUT2D eigenvalue weighted by molar-refractivity contribution is 6.30. The molecule has 106 valence electrons. The lowest BCUT2D eigenvalue weighted by atomic mass is 9.91. The van der Waals surface area contributed by atoms with Gasteiger partial charge in [-0.05, 0) is 63.4 Å². The highest BCUT2D eigenvalue weighted by atomic mass is 35.5. The molecule has 0 amide bonds. The van der Waals surface area contributed by atoms with Crippen LogP contribution >= 0.6 is 11.6 Å². The second-order valence-electron chi connectivity index (χ2n) is 5.46. The molecule has 2 rings (SSSR count). The molecule has 1 aliphatic heterocycles. The summed E-state index contributed by atoms with van der Waals surface area (Å²) in [6, 6.07) is 5.17. The standard InChI is InChI=1S/C15H21ClFNO/c1-10(13-3-4-15(17)14(16)9-13)18-7-5-12(6-8-18)11(2)19/h3-4,9-12,19H,5-8H2,1-2H3. The minimum absolute atomic E-state index is 0.184. The Balaban J connectivity index is 2.01. The van der Waals surface area contributed by atoms with Gasteiger partial charge in [-0.3, -0.25) is 4.90 Å². The van der Waals surface area contributed by atoms with E-state index in [0.29, 0.717) is 5.92 Å². The molecule has 0 bridgehead atoms. The van der Waals surface area contributed by atoms with Gasteiger partial charge in [0, 0.05) is 6.04 Å². The molecule has 2 atom stereocenters. The number of likely N-dealkylation sites (tertiary alicyclic amines) is 1. The van der Waals surface area contributed by atoms with Gasteiger partial charge in [0.05, 0.1) is 11.1 Å². The van der Waals surface area contributed by atoms with Crippen molar-refractivity contribution in [2.75, 3.05) is 13.1 Å². The second kappa shape index (κ2) is 6.21. The SMILES string of the molecule is CC(O)C1CCN(C(C)c2ccc(F)c(Cl)c2)CC1. The summed E-state index contributed by atoms with van der Waals surface area (Å²) < 4.78 is 13.2. The fourth-order valence-electron chi connectivity index (χ4n) is 2.77.